The summed E-state index contributed by atoms with van der Waals surface area (Å²) in [5.41, 5.74) is 2.14. The smallest absolute Gasteiger partial charge is 0.243 e. The maximum Gasteiger partial charge on any atom is 0.243 e. The first-order valence-corrected chi connectivity index (χ1v) is 12.3. The molecule has 0 bridgehead atoms. The zero-order valence-corrected chi connectivity index (χ0v) is 17.8. The highest BCUT2D eigenvalue weighted by atomic mass is 35.5. The van der Waals surface area contributed by atoms with Gasteiger partial charge in [0, 0.05) is 47.4 Å². The quantitative estimate of drug-likeness (QED) is 0.204. The van der Waals surface area contributed by atoms with Crippen LogP contribution in [0.15, 0.2) is 18.2 Å². The van der Waals surface area contributed by atoms with Gasteiger partial charge in [-0.05, 0) is 41.3 Å². The van der Waals surface area contributed by atoms with Crippen LogP contribution in [-0.2, 0) is 18.5 Å². The number of hydrogen-bond acceptors (Lipinski definition) is 6. The summed E-state index contributed by atoms with van der Waals surface area (Å²) >= 11 is 12.0. The van der Waals surface area contributed by atoms with Crippen LogP contribution >= 0.6 is 34.0 Å². The number of nitrogens with one attached hydrogen (secondary N) is 2. The van der Waals surface area contributed by atoms with Gasteiger partial charge in [-0.15, -0.1) is 0 Å². The molecule has 152 valence electrons. The molecule has 1 rings (SSSR count). The van der Waals surface area contributed by atoms with Gasteiger partial charge in [-0.25, -0.2) is 13.9 Å². The summed E-state index contributed by atoms with van der Waals surface area (Å²) in [5.74, 6) is -0.958. The Kier molecular flexibility index (Phi) is 10.5. The Labute approximate surface area is 172 Å². The number of carbonyl (C=O) groups is 2. The average Bonchev–Trinajstić information content (AvgIpc) is 2.56. The van der Waals surface area contributed by atoms with E-state index in [1.807, 2.05) is 0 Å². The Morgan fingerprint density at radius 3 is 2.44 bits per heavy atom. The number of amides is 2. The summed E-state index contributed by atoms with van der Waals surface area (Å²) in [5, 5.41) is 12.3. The molecular weight excluding hydrogens is 435 g/mol. The van der Waals surface area contributed by atoms with Crippen molar-refractivity contribution in [3.8, 4) is 0 Å². The standard InChI is InChI=1S/C16H22Cl2N2O5S2/c1-27(24,25)26-7-3-2-6-19-15(21)8-11(9-16(22)20-23)13-5-4-12(17)10-14(13)18/h4-5,10-11,23H,2-3,6-9H2,1H3,(H,19,21)(H,20,22). The van der Waals surface area contributed by atoms with Gasteiger partial charge in [-0.2, -0.15) is 0 Å². The lowest BCUT2D eigenvalue weighted by molar-refractivity contribution is -0.129. The first-order chi connectivity index (χ1) is 12.6. The van der Waals surface area contributed by atoms with Gasteiger partial charge in [0.25, 0.3) is 0 Å². The lowest BCUT2D eigenvalue weighted by atomic mass is 9.91. The molecule has 0 heterocycles. The fourth-order valence-electron chi connectivity index (χ4n) is 2.36. The molecule has 1 unspecified atom stereocenters. The molecule has 0 radical (unpaired) electrons. The maximum absolute atomic E-state index is 12.2. The number of hydrogen-bond donors (Lipinski definition) is 3. The number of hydroxylamine groups is 1. The number of halogens is 2. The van der Waals surface area contributed by atoms with Crippen molar-refractivity contribution in [3.63, 3.8) is 0 Å². The highest BCUT2D eigenvalue weighted by molar-refractivity contribution is 8.71. The summed E-state index contributed by atoms with van der Waals surface area (Å²) in [6.07, 6.45) is 2.34. The topological polar surface area (TPSA) is 113 Å². The molecule has 7 nitrogen and oxygen atoms in total. The minimum atomic E-state index is -3.05. The highest BCUT2D eigenvalue weighted by Crippen LogP contribution is 2.31. The van der Waals surface area contributed by atoms with Crippen LogP contribution in [0.5, 0.6) is 0 Å². The summed E-state index contributed by atoms with van der Waals surface area (Å²) in [6.45, 7) is 0.399. The fourth-order valence-corrected chi connectivity index (χ4v) is 4.80. The minimum Gasteiger partial charge on any atom is -0.356 e. The first kappa shape index (κ1) is 24.0. The Balaban J connectivity index is 2.57. The van der Waals surface area contributed by atoms with Crippen LogP contribution in [0, 0.1) is 0 Å². The van der Waals surface area contributed by atoms with E-state index >= 15 is 0 Å². The molecule has 0 aliphatic heterocycles. The van der Waals surface area contributed by atoms with Gasteiger partial charge in [0.1, 0.15) is 0 Å². The molecule has 2 amide bonds. The first-order valence-electron chi connectivity index (χ1n) is 8.11. The van der Waals surface area contributed by atoms with Gasteiger partial charge in [0.15, 0.2) is 8.87 Å². The number of unbranched alkanes of at least 4 members (excludes halogenated alkanes) is 1. The van der Waals surface area contributed by atoms with Gasteiger partial charge in [0.2, 0.25) is 11.8 Å². The van der Waals surface area contributed by atoms with E-state index in [0.29, 0.717) is 40.7 Å². The van der Waals surface area contributed by atoms with E-state index in [-0.39, 0.29) is 18.7 Å². The molecule has 0 saturated heterocycles. The third kappa shape index (κ3) is 10.2. The van der Waals surface area contributed by atoms with Crippen molar-refractivity contribution in [2.45, 2.75) is 31.6 Å². The summed E-state index contributed by atoms with van der Waals surface area (Å²) in [6, 6.07) is 4.79. The second-order valence-electron chi connectivity index (χ2n) is 5.89. The molecule has 0 aliphatic carbocycles. The lowest BCUT2D eigenvalue weighted by Gasteiger charge is -2.18. The van der Waals surface area contributed by atoms with E-state index in [1.54, 1.807) is 17.6 Å². The Morgan fingerprint density at radius 2 is 1.85 bits per heavy atom. The molecule has 0 aliphatic rings. The zero-order chi connectivity index (χ0) is 20.4. The van der Waals surface area contributed by atoms with Crippen LogP contribution in [0.2, 0.25) is 10.0 Å². The number of carbonyl (C=O) groups excluding carboxylic acids is 2. The third-order valence-electron chi connectivity index (χ3n) is 3.58. The monoisotopic (exact) mass is 456 g/mol. The number of benzene rings is 1. The second kappa shape index (κ2) is 11.8. The van der Waals surface area contributed by atoms with Crippen molar-refractivity contribution in [3.05, 3.63) is 33.8 Å². The van der Waals surface area contributed by atoms with Crippen molar-refractivity contribution in [1.82, 2.24) is 10.8 Å². The maximum atomic E-state index is 12.2. The predicted octanol–water partition coefficient (Wildman–Crippen LogP) is 2.95. The summed E-state index contributed by atoms with van der Waals surface area (Å²) < 4.78 is 22.0. The normalized spacial score (nSPS) is 12.4. The molecule has 0 aromatic heterocycles. The Bertz CT molecular complexity index is 759. The van der Waals surface area contributed by atoms with Crippen molar-refractivity contribution in [2.75, 3.05) is 18.6 Å². The van der Waals surface area contributed by atoms with Crippen LogP contribution in [0.1, 0.15) is 37.2 Å². The van der Waals surface area contributed by atoms with Crippen LogP contribution in [0.3, 0.4) is 0 Å². The van der Waals surface area contributed by atoms with Crippen molar-refractivity contribution in [2.24, 2.45) is 0 Å². The average molecular weight is 457 g/mol. The molecule has 1 aromatic rings. The molecule has 0 fully saturated rings. The van der Waals surface area contributed by atoms with Crippen molar-refractivity contribution >= 4 is 54.7 Å². The van der Waals surface area contributed by atoms with E-state index in [1.165, 1.54) is 6.07 Å². The molecule has 3 N–H and O–H groups in total. The molecule has 0 saturated carbocycles. The van der Waals surface area contributed by atoms with Crippen LogP contribution < -0.4 is 10.8 Å². The Hall–Kier alpha value is -1.000. The van der Waals surface area contributed by atoms with Crippen LogP contribution in [-0.4, -0.2) is 44.0 Å². The van der Waals surface area contributed by atoms with E-state index in [4.69, 9.17) is 28.4 Å². The molecule has 27 heavy (non-hydrogen) atoms. The SMILES string of the molecule is CS(=O)(=O)SCCCCNC(=O)CC(CC(=O)NO)c1ccc(Cl)cc1Cl. The van der Waals surface area contributed by atoms with Gasteiger partial charge in [-0.3, -0.25) is 14.8 Å². The van der Waals surface area contributed by atoms with E-state index in [0.717, 1.165) is 17.0 Å². The van der Waals surface area contributed by atoms with Gasteiger partial charge >= 0.3 is 0 Å². The summed E-state index contributed by atoms with van der Waals surface area (Å²) in [4.78, 5) is 23.7. The second-order valence-corrected chi connectivity index (χ2v) is 11.3. The van der Waals surface area contributed by atoms with Gasteiger partial charge in [-0.1, -0.05) is 29.3 Å². The minimum absolute atomic E-state index is 0.00681. The fraction of sp³-hybridized carbons (Fsp3) is 0.500. The molecule has 1 atom stereocenters. The molecule has 1 aromatic carbocycles. The third-order valence-corrected chi connectivity index (χ3v) is 6.81. The highest BCUT2D eigenvalue weighted by Gasteiger charge is 2.22. The van der Waals surface area contributed by atoms with E-state index in [2.05, 4.69) is 5.32 Å². The Morgan fingerprint density at radius 1 is 1.19 bits per heavy atom. The zero-order valence-electron chi connectivity index (χ0n) is 14.7. The predicted molar refractivity (Wildman–Crippen MR) is 108 cm³/mol. The van der Waals surface area contributed by atoms with Gasteiger partial charge in [0.05, 0.1) is 0 Å². The molecule has 0 spiro atoms. The van der Waals surface area contributed by atoms with Crippen molar-refractivity contribution < 1.29 is 23.2 Å². The van der Waals surface area contributed by atoms with Crippen LogP contribution in [0.25, 0.3) is 0 Å². The van der Waals surface area contributed by atoms with Crippen molar-refractivity contribution in [1.29, 1.82) is 0 Å². The molecule has 11 heteroatoms. The summed E-state index contributed by atoms with van der Waals surface area (Å²) in [7, 11) is -2.17. The van der Waals surface area contributed by atoms with Crippen LogP contribution in [0.4, 0.5) is 0 Å². The molecular formula is C16H22Cl2N2O5S2. The lowest BCUT2D eigenvalue weighted by Crippen LogP contribution is -2.28. The van der Waals surface area contributed by atoms with Gasteiger partial charge < -0.3 is 5.32 Å². The largest absolute Gasteiger partial charge is 0.356 e. The van der Waals surface area contributed by atoms with E-state index in [9.17, 15) is 18.0 Å². The number of rotatable bonds is 11. The van der Waals surface area contributed by atoms with E-state index < -0.39 is 20.7 Å².